The summed E-state index contributed by atoms with van der Waals surface area (Å²) in [6, 6.07) is 17.0. The molecule has 38 heavy (non-hydrogen) atoms. The quantitative estimate of drug-likeness (QED) is 0.425. The van der Waals surface area contributed by atoms with Gasteiger partial charge < -0.3 is 15.5 Å². The van der Waals surface area contributed by atoms with Gasteiger partial charge in [0, 0.05) is 29.1 Å². The Morgan fingerprint density at radius 2 is 1.76 bits per heavy atom. The molecule has 2 aromatic heterocycles. The Kier molecular flexibility index (Phi) is 4.66. The first-order valence-electron chi connectivity index (χ1n) is 12.1. The average Bonchev–Trinajstić information content (AvgIpc) is 3.53. The number of anilines is 4. The van der Waals surface area contributed by atoms with Crippen molar-refractivity contribution < 1.29 is 18.4 Å². The molecule has 3 aliphatic rings. The number of halogens is 2. The molecular weight excluding hydrogens is 490 g/mol. The third-order valence-electron chi connectivity index (χ3n) is 7.53. The van der Waals surface area contributed by atoms with Crippen LogP contribution in [0.5, 0.6) is 0 Å². The standard InChI is InChI=1S/C28H20F2N6O2/c29-28(30)14-36(22-6-2-1-4-19(22)28)25(37)21-11-23(33-15-32-21)34-18-8-7-16-12-27(13-17(16)10-18)20-5-3-9-31-24(20)35-26(27)38/h1-11,15H,12-14H2,(H,31,35,38)(H,32,33,34). The molecule has 0 fully saturated rings. The van der Waals surface area contributed by atoms with E-state index < -0.39 is 23.8 Å². The molecule has 188 valence electrons. The lowest BCUT2D eigenvalue weighted by atomic mass is 9.79. The Morgan fingerprint density at radius 1 is 0.947 bits per heavy atom. The van der Waals surface area contributed by atoms with Crippen molar-refractivity contribution in [3.8, 4) is 0 Å². The fraction of sp³-hybridized carbons (Fsp3) is 0.179. The number of rotatable bonds is 3. The summed E-state index contributed by atoms with van der Waals surface area (Å²) in [6.07, 6.45) is 4.02. The van der Waals surface area contributed by atoms with E-state index >= 15 is 0 Å². The Hall–Kier alpha value is -4.73. The fourth-order valence-electron chi connectivity index (χ4n) is 5.74. The predicted octanol–water partition coefficient (Wildman–Crippen LogP) is 4.36. The van der Waals surface area contributed by atoms with Crippen LogP contribution in [0.1, 0.15) is 32.7 Å². The van der Waals surface area contributed by atoms with Crippen LogP contribution in [0.4, 0.5) is 31.8 Å². The van der Waals surface area contributed by atoms with Crippen LogP contribution in [0.15, 0.2) is 73.2 Å². The average molecular weight is 511 g/mol. The third-order valence-corrected chi connectivity index (χ3v) is 7.53. The minimum Gasteiger partial charge on any atom is -0.340 e. The molecule has 1 atom stereocenters. The smallest absolute Gasteiger partial charge is 0.292 e. The van der Waals surface area contributed by atoms with Crippen molar-refractivity contribution in [3.63, 3.8) is 0 Å². The normalized spacial score (nSPS) is 20.2. The van der Waals surface area contributed by atoms with E-state index in [1.807, 2.05) is 30.3 Å². The number of carbonyl (C=O) groups excluding carboxylic acids is 2. The Bertz CT molecular complexity index is 1660. The predicted molar refractivity (Wildman–Crippen MR) is 136 cm³/mol. The van der Waals surface area contributed by atoms with Crippen molar-refractivity contribution in [2.45, 2.75) is 24.2 Å². The van der Waals surface area contributed by atoms with Gasteiger partial charge in [0.25, 0.3) is 11.8 Å². The molecule has 10 heteroatoms. The summed E-state index contributed by atoms with van der Waals surface area (Å²) in [5.74, 6) is -2.85. The van der Waals surface area contributed by atoms with E-state index in [0.717, 1.165) is 27.3 Å². The molecule has 1 spiro atoms. The molecule has 1 aliphatic carbocycles. The van der Waals surface area contributed by atoms with Gasteiger partial charge in [0.05, 0.1) is 17.6 Å². The maximum Gasteiger partial charge on any atom is 0.292 e. The molecule has 8 nitrogen and oxygen atoms in total. The van der Waals surface area contributed by atoms with E-state index in [0.29, 0.717) is 24.5 Å². The monoisotopic (exact) mass is 510 g/mol. The highest BCUT2D eigenvalue weighted by Gasteiger charge is 2.51. The topological polar surface area (TPSA) is 100 Å². The van der Waals surface area contributed by atoms with Crippen LogP contribution in [-0.4, -0.2) is 33.3 Å². The van der Waals surface area contributed by atoms with Crippen LogP contribution in [0, 0.1) is 0 Å². The molecule has 1 unspecified atom stereocenters. The third kappa shape index (κ3) is 3.29. The molecular formula is C28H20F2N6O2. The molecule has 0 saturated carbocycles. The summed E-state index contributed by atoms with van der Waals surface area (Å²) in [4.78, 5) is 39.7. The molecule has 0 bridgehead atoms. The van der Waals surface area contributed by atoms with Crippen LogP contribution in [0.2, 0.25) is 0 Å². The summed E-state index contributed by atoms with van der Waals surface area (Å²) in [5.41, 5.74) is 3.07. The number of fused-ring (bicyclic) bond motifs is 4. The molecule has 0 saturated heterocycles. The lowest BCUT2D eigenvalue weighted by molar-refractivity contribution is -0.120. The SMILES string of the molecule is O=C(c1cc(Nc2ccc3c(c2)CC2(C3)C(=O)Nc3ncccc32)ncn1)N1CC(F)(F)c2ccccc21. The molecule has 7 rings (SSSR count). The van der Waals surface area contributed by atoms with Gasteiger partial charge in [0.1, 0.15) is 23.7 Å². The minimum atomic E-state index is -3.13. The van der Waals surface area contributed by atoms with Crippen molar-refractivity contribution in [3.05, 3.63) is 101 Å². The van der Waals surface area contributed by atoms with Crippen molar-refractivity contribution in [1.29, 1.82) is 0 Å². The van der Waals surface area contributed by atoms with Crippen LogP contribution in [0.3, 0.4) is 0 Å². The lowest BCUT2D eigenvalue weighted by Crippen LogP contribution is -2.35. The number of hydrogen-bond donors (Lipinski definition) is 2. The summed E-state index contributed by atoms with van der Waals surface area (Å²) in [5, 5.41) is 6.09. The van der Waals surface area contributed by atoms with Gasteiger partial charge in [-0.3, -0.25) is 9.59 Å². The molecule has 4 aromatic rings. The van der Waals surface area contributed by atoms with Gasteiger partial charge in [-0.15, -0.1) is 0 Å². The number of nitrogens with zero attached hydrogens (tertiary/aromatic N) is 4. The fourth-order valence-corrected chi connectivity index (χ4v) is 5.74. The Balaban J connectivity index is 1.13. The highest BCUT2D eigenvalue weighted by molar-refractivity contribution is 6.07. The van der Waals surface area contributed by atoms with Gasteiger partial charge >= 0.3 is 0 Å². The van der Waals surface area contributed by atoms with Gasteiger partial charge in [0.15, 0.2) is 0 Å². The molecule has 4 heterocycles. The minimum absolute atomic E-state index is 0.00171. The summed E-state index contributed by atoms with van der Waals surface area (Å²) < 4.78 is 29.0. The molecule has 2 N–H and O–H groups in total. The largest absolute Gasteiger partial charge is 0.340 e. The van der Waals surface area contributed by atoms with E-state index in [9.17, 15) is 18.4 Å². The first-order chi connectivity index (χ1) is 18.3. The highest BCUT2D eigenvalue weighted by Crippen LogP contribution is 2.47. The van der Waals surface area contributed by atoms with E-state index in [-0.39, 0.29) is 22.9 Å². The number of benzene rings is 2. The number of hydrogen-bond acceptors (Lipinski definition) is 6. The second-order valence-corrected chi connectivity index (χ2v) is 9.80. The van der Waals surface area contributed by atoms with Gasteiger partial charge in [-0.25, -0.2) is 15.0 Å². The second-order valence-electron chi connectivity index (χ2n) is 9.80. The maximum atomic E-state index is 14.5. The molecule has 0 radical (unpaired) electrons. The number of carbonyl (C=O) groups is 2. The number of nitrogens with one attached hydrogen (secondary N) is 2. The van der Waals surface area contributed by atoms with Crippen molar-refractivity contribution in [2.24, 2.45) is 0 Å². The van der Waals surface area contributed by atoms with Gasteiger partial charge in [0.2, 0.25) is 5.91 Å². The zero-order chi connectivity index (χ0) is 26.1. The van der Waals surface area contributed by atoms with Gasteiger partial charge in [-0.2, -0.15) is 8.78 Å². The first kappa shape index (κ1) is 22.5. The second kappa shape index (κ2) is 7.88. The zero-order valence-corrected chi connectivity index (χ0v) is 19.9. The van der Waals surface area contributed by atoms with Gasteiger partial charge in [-0.1, -0.05) is 30.3 Å². The van der Waals surface area contributed by atoms with Crippen LogP contribution in [0.25, 0.3) is 0 Å². The van der Waals surface area contributed by atoms with Crippen LogP contribution >= 0.6 is 0 Å². The first-order valence-corrected chi connectivity index (χ1v) is 12.1. The summed E-state index contributed by atoms with van der Waals surface area (Å²) in [6.45, 7) is -0.739. The highest BCUT2D eigenvalue weighted by atomic mass is 19.3. The molecule has 2 aliphatic heterocycles. The van der Waals surface area contributed by atoms with Crippen molar-refractivity contribution >= 4 is 34.8 Å². The van der Waals surface area contributed by atoms with E-state index in [1.165, 1.54) is 30.6 Å². The van der Waals surface area contributed by atoms with Crippen molar-refractivity contribution in [1.82, 2.24) is 15.0 Å². The number of aromatic nitrogens is 3. The van der Waals surface area contributed by atoms with E-state index in [1.54, 1.807) is 12.3 Å². The Morgan fingerprint density at radius 3 is 2.66 bits per heavy atom. The van der Waals surface area contributed by atoms with Crippen molar-refractivity contribution in [2.75, 3.05) is 22.1 Å². The number of amides is 2. The lowest BCUT2D eigenvalue weighted by Gasteiger charge is -2.20. The van der Waals surface area contributed by atoms with Gasteiger partial charge in [-0.05, 0) is 48.2 Å². The summed E-state index contributed by atoms with van der Waals surface area (Å²) in [7, 11) is 0. The summed E-state index contributed by atoms with van der Waals surface area (Å²) >= 11 is 0. The number of pyridine rings is 1. The number of alkyl halides is 2. The number of para-hydroxylation sites is 1. The van der Waals surface area contributed by atoms with Crippen LogP contribution in [-0.2, 0) is 29.0 Å². The molecule has 2 amide bonds. The maximum absolute atomic E-state index is 14.5. The molecule has 2 aromatic carbocycles. The Labute approximate surface area is 215 Å². The van der Waals surface area contributed by atoms with E-state index in [4.69, 9.17) is 0 Å². The van der Waals surface area contributed by atoms with E-state index in [2.05, 4.69) is 25.6 Å². The zero-order valence-electron chi connectivity index (χ0n) is 19.9. The van der Waals surface area contributed by atoms with Crippen LogP contribution < -0.4 is 15.5 Å².